The highest BCUT2D eigenvalue weighted by Gasteiger charge is 2.45. The Bertz CT molecular complexity index is 364. The van der Waals surface area contributed by atoms with Crippen molar-refractivity contribution in [2.45, 2.75) is 50.6 Å². The fraction of sp³-hybridized carbons (Fsp3) is 0.923. The zero-order chi connectivity index (χ0) is 14.8. The smallest absolute Gasteiger partial charge is 0.360 e. The zero-order valence-electron chi connectivity index (χ0n) is 11.2. The predicted octanol–water partition coefficient (Wildman–Crippen LogP) is 3.87. The number of fused-ring (bicyclic) bond motifs is 1. The highest BCUT2D eigenvalue weighted by atomic mass is 19.4. The van der Waals surface area contributed by atoms with Crippen LogP contribution in [0.5, 0.6) is 0 Å². The van der Waals surface area contributed by atoms with Crippen molar-refractivity contribution in [2.75, 3.05) is 19.6 Å². The zero-order valence-corrected chi connectivity index (χ0v) is 11.2. The molecule has 0 saturated carbocycles. The van der Waals surface area contributed by atoms with Crippen LogP contribution in [0.3, 0.4) is 0 Å². The van der Waals surface area contributed by atoms with Crippen LogP contribution in [-0.4, -0.2) is 42.5 Å². The average Bonchev–Trinajstić information content (AvgIpc) is 2.49. The lowest BCUT2D eigenvalue weighted by atomic mass is 9.96. The summed E-state index contributed by atoms with van der Waals surface area (Å²) in [6.07, 6.45) is -3.62. The second-order valence-corrected chi connectivity index (χ2v) is 5.73. The minimum atomic E-state index is -4.82. The summed E-state index contributed by atoms with van der Waals surface area (Å²) in [5.74, 6) is -3.24. The summed E-state index contributed by atoms with van der Waals surface area (Å²) < 4.78 is 63.2. The van der Waals surface area contributed by atoms with Crippen LogP contribution < -0.4 is 0 Å². The maximum Gasteiger partial charge on any atom is 0.394 e. The maximum absolute atomic E-state index is 13.4. The van der Waals surface area contributed by atoms with Crippen LogP contribution in [0.15, 0.2) is 4.99 Å². The summed E-state index contributed by atoms with van der Waals surface area (Å²) in [7, 11) is 0. The molecule has 0 bridgehead atoms. The second kappa shape index (κ2) is 5.85. The number of amidine groups is 1. The van der Waals surface area contributed by atoms with E-state index in [9.17, 15) is 22.0 Å². The Morgan fingerprint density at radius 3 is 2.55 bits per heavy atom. The van der Waals surface area contributed by atoms with Gasteiger partial charge in [0.15, 0.2) is 0 Å². The van der Waals surface area contributed by atoms with Gasteiger partial charge in [-0.2, -0.15) is 13.2 Å². The summed E-state index contributed by atoms with van der Waals surface area (Å²) in [6.45, 7) is 1.41. The molecule has 2 nitrogen and oxygen atoms in total. The van der Waals surface area contributed by atoms with Gasteiger partial charge in [-0.05, 0) is 12.8 Å². The first kappa shape index (κ1) is 15.5. The summed E-state index contributed by atoms with van der Waals surface area (Å²) in [5, 5.41) is 0. The molecule has 2 aliphatic heterocycles. The lowest BCUT2D eigenvalue weighted by Crippen LogP contribution is -2.42. The van der Waals surface area contributed by atoms with Crippen molar-refractivity contribution < 1.29 is 22.0 Å². The van der Waals surface area contributed by atoms with Crippen LogP contribution in [0.25, 0.3) is 0 Å². The number of halogens is 5. The summed E-state index contributed by atoms with van der Waals surface area (Å²) in [6, 6.07) is 0. The lowest BCUT2D eigenvalue weighted by Gasteiger charge is -2.34. The van der Waals surface area contributed by atoms with Crippen molar-refractivity contribution in [3.63, 3.8) is 0 Å². The molecule has 2 rings (SSSR count). The van der Waals surface area contributed by atoms with Crippen LogP contribution in [0.1, 0.15) is 38.5 Å². The second-order valence-electron chi connectivity index (χ2n) is 5.73. The Hall–Kier alpha value is -0.880. The van der Waals surface area contributed by atoms with E-state index in [4.69, 9.17) is 0 Å². The van der Waals surface area contributed by atoms with Crippen LogP contribution in [0.4, 0.5) is 22.0 Å². The monoisotopic (exact) mass is 298 g/mol. The van der Waals surface area contributed by atoms with Gasteiger partial charge >= 0.3 is 6.18 Å². The molecule has 0 N–H and O–H groups in total. The van der Waals surface area contributed by atoms with Crippen molar-refractivity contribution in [1.29, 1.82) is 0 Å². The third-order valence-corrected chi connectivity index (χ3v) is 3.75. The number of alkyl halides is 5. The average molecular weight is 298 g/mol. The van der Waals surface area contributed by atoms with E-state index in [-0.39, 0.29) is 6.54 Å². The van der Waals surface area contributed by atoms with Gasteiger partial charge in [-0.25, -0.2) is 8.78 Å². The van der Waals surface area contributed by atoms with E-state index in [2.05, 4.69) is 4.99 Å². The first-order valence-corrected chi connectivity index (χ1v) is 6.98. The molecule has 116 valence electrons. The Morgan fingerprint density at radius 1 is 1.10 bits per heavy atom. The Labute approximate surface area is 115 Å². The largest absolute Gasteiger partial charge is 0.394 e. The Balaban J connectivity index is 1.93. The molecule has 0 aromatic heterocycles. The molecule has 0 spiro atoms. The topological polar surface area (TPSA) is 15.6 Å². The van der Waals surface area contributed by atoms with Gasteiger partial charge in [0.2, 0.25) is 0 Å². The quantitative estimate of drug-likeness (QED) is 0.722. The third-order valence-electron chi connectivity index (χ3n) is 3.75. The van der Waals surface area contributed by atoms with Gasteiger partial charge in [-0.3, -0.25) is 4.99 Å². The van der Waals surface area contributed by atoms with Crippen molar-refractivity contribution >= 4 is 5.84 Å². The molecular weight excluding hydrogens is 279 g/mol. The standard InChI is InChI=1S/C13H19F5N2/c14-12(15,9-13(16,17)18)6-10-7-19-11-4-2-1-3-5-20(11)8-10/h10H,1-9H2. The minimum absolute atomic E-state index is 0.222. The van der Waals surface area contributed by atoms with Gasteiger partial charge in [0.1, 0.15) is 6.42 Å². The number of hydrogen-bond acceptors (Lipinski definition) is 2. The number of aliphatic imine (C=N–C) groups is 1. The van der Waals surface area contributed by atoms with E-state index in [1.807, 2.05) is 4.90 Å². The molecule has 1 fully saturated rings. The lowest BCUT2D eigenvalue weighted by molar-refractivity contribution is -0.192. The molecule has 2 aliphatic rings. The normalized spacial score (nSPS) is 24.9. The molecule has 20 heavy (non-hydrogen) atoms. The summed E-state index contributed by atoms with van der Waals surface area (Å²) in [5.41, 5.74) is 0. The van der Waals surface area contributed by atoms with Crippen molar-refractivity contribution in [1.82, 2.24) is 4.90 Å². The Kier molecular flexibility index (Phi) is 4.54. The van der Waals surface area contributed by atoms with Gasteiger partial charge in [0.25, 0.3) is 5.92 Å². The molecule has 0 amide bonds. The molecule has 0 radical (unpaired) electrons. The van der Waals surface area contributed by atoms with Gasteiger partial charge in [-0.15, -0.1) is 0 Å². The van der Waals surface area contributed by atoms with Crippen LogP contribution >= 0.6 is 0 Å². The van der Waals surface area contributed by atoms with E-state index in [0.717, 1.165) is 38.1 Å². The molecular formula is C13H19F5N2. The predicted molar refractivity (Wildman–Crippen MR) is 66.1 cm³/mol. The molecule has 2 heterocycles. The first-order chi connectivity index (χ1) is 9.25. The third kappa shape index (κ3) is 4.59. The van der Waals surface area contributed by atoms with Crippen molar-refractivity contribution in [3.05, 3.63) is 0 Å². The number of nitrogens with zero attached hydrogens (tertiary/aromatic N) is 2. The van der Waals surface area contributed by atoms with Crippen LogP contribution in [-0.2, 0) is 0 Å². The van der Waals surface area contributed by atoms with E-state index in [1.165, 1.54) is 0 Å². The van der Waals surface area contributed by atoms with Crippen molar-refractivity contribution in [3.8, 4) is 0 Å². The SMILES string of the molecule is FC(F)(F)CC(F)(F)CC1CN=C2CCCCCN2C1. The number of rotatable bonds is 3. The molecule has 0 aromatic rings. The Morgan fingerprint density at radius 2 is 1.85 bits per heavy atom. The molecule has 1 unspecified atom stereocenters. The minimum Gasteiger partial charge on any atom is -0.360 e. The summed E-state index contributed by atoms with van der Waals surface area (Å²) >= 11 is 0. The number of hydrogen-bond donors (Lipinski definition) is 0. The summed E-state index contributed by atoms with van der Waals surface area (Å²) in [4.78, 5) is 6.28. The van der Waals surface area contributed by atoms with Crippen LogP contribution in [0.2, 0.25) is 0 Å². The van der Waals surface area contributed by atoms with E-state index >= 15 is 0 Å². The van der Waals surface area contributed by atoms with Gasteiger partial charge in [-0.1, -0.05) is 6.42 Å². The first-order valence-electron chi connectivity index (χ1n) is 6.98. The fourth-order valence-electron chi connectivity index (χ4n) is 2.95. The van der Waals surface area contributed by atoms with E-state index in [1.54, 1.807) is 0 Å². The molecule has 1 atom stereocenters. The molecule has 1 saturated heterocycles. The highest BCUT2D eigenvalue weighted by Crippen LogP contribution is 2.37. The van der Waals surface area contributed by atoms with Gasteiger partial charge in [0, 0.05) is 38.4 Å². The molecule has 0 aliphatic carbocycles. The maximum atomic E-state index is 13.4. The van der Waals surface area contributed by atoms with E-state index < -0.39 is 30.9 Å². The van der Waals surface area contributed by atoms with Crippen molar-refractivity contribution in [2.24, 2.45) is 10.9 Å². The van der Waals surface area contributed by atoms with Gasteiger partial charge in [0.05, 0.1) is 5.84 Å². The highest BCUT2D eigenvalue weighted by molar-refractivity contribution is 5.83. The molecule has 0 aromatic carbocycles. The van der Waals surface area contributed by atoms with Crippen LogP contribution in [0, 0.1) is 5.92 Å². The fourth-order valence-corrected chi connectivity index (χ4v) is 2.95. The van der Waals surface area contributed by atoms with Gasteiger partial charge < -0.3 is 4.90 Å². The van der Waals surface area contributed by atoms with E-state index in [0.29, 0.717) is 6.54 Å². The molecule has 7 heteroatoms.